The maximum Gasteiger partial charge on any atom is 0.341 e. The number of fused-ring (bicyclic) bond motifs is 1. The van der Waals surface area contributed by atoms with Crippen molar-refractivity contribution in [1.29, 1.82) is 0 Å². The molecule has 0 aliphatic rings. The number of hydrogen-bond donors (Lipinski definition) is 0. The fourth-order valence-electron chi connectivity index (χ4n) is 2.76. The minimum atomic E-state index is -0.268. The molecule has 0 bridgehead atoms. The van der Waals surface area contributed by atoms with Crippen LogP contribution in [-0.4, -0.2) is 9.78 Å². The molecular formula is C17H18N2O2. The summed E-state index contributed by atoms with van der Waals surface area (Å²) in [6.45, 7) is 7.91. The van der Waals surface area contributed by atoms with E-state index in [4.69, 9.17) is 4.42 Å². The summed E-state index contributed by atoms with van der Waals surface area (Å²) < 4.78 is 7.25. The number of aromatic nitrogens is 2. The summed E-state index contributed by atoms with van der Waals surface area (Å²) in [6.07, 6.45) is 0.666. The number of nitrogens with zero attached hydrogens (tertiary/aromatic N) is 2. The zero-order valence-corrected chi connectivity index (χ0v) is 12.7. The molecule has 0 aliphatic heterocycles. The lowest BCUT2D eigenvalue weighted by molar-refractivity contribution is 0.526. The fourth-order valence-corrected chi connectivity index (χ4v) is 2.76. The number of rotatable bonds is 2. The van der Waals surface area contributed by atoms with Crippen LogP contribution in [0.4, 0.5) is 0 Å². The van der Waals surface area contributed by atoms with Gasteiger partial charge in [-0.25, -0.2) is 4.79 Å². The lowest BCUT2D eigenvalue weighted by Gasteiger charge is -2.05. The Morgan fingerprint density at radius 3 is 2.43 bits per heavy atom. The molecular weight excluding hydrogens is 264 g/mol. The second-order valence-electron chi connectivity index (χ2n) is 5.36. The van der Waals surface area contributed by atoms with Crippen molar-refractivity contribution in [3.63, 3.8) is 0 Å². The van der Waals surface area contributed by atoms with Crippen molar-refractivity contribution in [1.82, 2.24) is 9.78 Å². The lowest BCUT2D eigenvalue weighted by atomic mass is 10.1. The van der Waals surface area contributed by atoms with Gasteiger partial charge in [0, 0.05) is 5.56 Å². The summed E-state index contributed by atoms with van der Waals surface area (Å²) >= 11 is 0. The third-order valence-electron chi connectivity index (χ3n) is 3.91. The molecule has 0 spiro atoms. The maximum atomic E-state index is 12.1. The molecule has 0 fully saturated rings. The van der Waals surface area contributed by atoms with E-state index in [9.17, 15) is 4.79 Å². The average Bonchev–Trinajstić information content (AvgIpc) is 2.77. The van der Waals surface area contributed by atoms with Gasteiger partial charge in [0.05, 0.1) is 16.8 Å². The largest absolute Gasteiger partial charge is 0.403 e. The van der Waals surface area contributed by atoms with Crippen LogP contribution in [-0.2, 0) is 6.42 Å². The molecule has 0 saturated heterocycles. The van der Waals surface area contributed by atoms with E-state index in [0.29, 0.717) is 12.1 Å². The molecule has 0 radical (unpaired) electrons. The highest BCUT2D eigenvalue weighted by atomic mass is 16.4. The summed E-state index contributed by atoms with van der Waals surface area (Å²) in [5, 5.41) is 5.49. The van der Waals surface area contributed by atoms with Crippen molar-refractivity contribution in [3.8, 4) is 5.69 Å². The first kappa shape index (κ1) is 13.6. The Balaban J connectivity index is 2.36. The third-order valence-corrected chi connectivity index (χ3v) is 3.91. The van der Waals surface area contributed by atoms with Gasteiger partial charge in [0.25, 0.3) is 0 Å². The topological polar surface area (TPSA) is 48.0 Å². The molecule has 0 saturated carbocycles. The van der Waals surface area contributed by atoms with E-state index in [-0.39, 0.29) is 5.63 Å². The minimum absolute atomic E-state index is 0.268. The van der Waals surface area contributed by atoms with Gasteiger partial charge in [-0.1, -0.05) is 24.6 Å². The van der Waals surface area contributed by atoms with Crippen molar-refractivity contribution in [3.05, 3.63) is 57.1 Å². The Morgan fingerprint density at radius 1 is 1.14 bits per heavy atom. The van der Waals surface area contributed by atoms with E-state index < -0.39 is 0 Å². The van der Waals surface area contributed by atoms with Crippen molar-refractivity contribution >= 4 is 11.1 Å². The molecule has 108 valence electrons. The molecule has 1 aromatic carbocycles. The highest BCUT2D eigenvalue weighted by molar-refractivity contribution is 5.82. The summed E-state index contributed by atoms with van der Waals surface area (Å²) in [6, 6.07) is 7.99. The van der Waals surface area contributed by atoms with Crippen LogP contribution in [0.1, 0.15) is 29.3 Å². The standard InChI is InChI=1S/C17H18N2O2/c1-5-14-11(3)15-12(4)18-19(16(15)21-17(14)20)13-8-6-10(2)7-9-13/h6-9H,5H2,1-4H3. The lowest BCUT2D eigenvalue weighted by Crippen LogP contribution is -2.10. The number of hydrogen-bond acceptors (Lipinski definition) is 3. The molecule has 0 aliphatic carbocycles. The van der Waals surface area contributed by atoms with E-state index in [1.54, 1.807) is 4.68 Å². The van der Waals surface area contributed by atoms with Crippen molar-refractivity contribution in [2.45, 2.75) is 34.1 Å². The molecule has 4 heteroatoms. The van der Waals surface area contributed by atoms with Gasteiger partial charge in [-0.2, -0.15) is 9.78 Å². The van der Waals surface area contributed by atoms with Gasteiger partial charge in [-0.15, -0.1) is 0 Å². The molecule has 3 aromatic rings. The second-order valence-corrected chi connectivity index (χ2v) is 5.36. The predicted molar refractivity (Wildman–Crippen MR) is 83.2 cm³/mol. The Kier molecular flexibility index (Phi) is 3.16. The van der Waals surface area contributed by atoms with Crippen LogP contribution >= 0.6 is 0 Å². The Bertz CT molecular complexity index is 870. The van der Waals surface area contributed by atoms with Crippen LogP contribution in [0.3, 0.4) is 0 Å². The summed E-state index contributed by atoms with van der Waals surface area (Å²) in [4.78, 5) is 12.1. The van der Waals surface area contributed by atoms with Crippen molar-refractivity contribution < 1.29 is 4.42 Å². The normalized spacial score (nSPS) is 11.2. The molecule has 2 aromatic heterocycles. The molecule has 0 amide bonds. The average molecular weight is 282 g/mol. The zero-order chi connectivity index (χ0) is 15.1. The van der Waals surface area contributed by atoms with Crippen LogP contribution in [0.25, 0.3) is 16.8 Å². The van der Waals surface area contributed by atoms with Gasteiger partial charge in [0.2, 0.25) is 5.71 Å². The highest BCUT2D eigenvalue weighted by Crippen LogP contribution is 2.25. The Morgan fingerprint density at radius 2 is 1.81 bits per heavy atom. The number of aryl methyl sites for hydroxylation is 3. The van der Waals surface area contributed by atoms with Crippen LogP contribution < -0.4 is 5.63 Å². The maximum absolute atomic E-state index is 12.1. The Labute approximate surface area is 123 Å². The predicted octanol–water partition coefficient (Wildman–Crippen LogP) is 3.47. The fraction of sp³-hybridized carbons (Fsp3) is 0.294. The van der Waals surface area contributed by atoms with Crippen molar-refractivity contribution in [2.24, 2.45) is 0 Å². The molecule has 0 unspecified atom stereocenters. The summed E-state index contributed by atoms with van der Waals surface area (Å²) in [5.74, 6) is 0. The second kappa shape index (κ2) is 4.88. The first-order valence-electron chi connectivity index (χ1n) is 7.12. The summed E-state index contributed by atoms with van der Waals surface area (Å²) in [7, 11) is 0. The first-order chi connectivity index (χ1) is 10.0. The van der Waals surface area contributed by atoms with Crippen LogP contribution in [0.15, 0.2) is 33.5 Å². The van der Waals surface area contributed by atoms with Crippen LogP contribution in [0, 0.1) is 20.8 Å². The van der Waals surface area contributed by atoms with E-state index >= 15 is 0 Å². The minimum Gasteiger partial charge on any atom is -0.403 e. The van der Waals surface area contributed by atoms with Crippen LogP contribution in [0.2, 0.25) is 0 Å². The van der Waals surface area contributed by atoms with E-state index in [1.165, 1.54) is 5.56 Å². The van der Waals surface area contributed by atoms with E-state index in [2.05, 4.69) is 5.10 Å². The Hall–Kier alpha value is -2.36. The zero-order valence-electron chi connectivity index (χ0n) is 12.7. The van der Waals surface area contributed by atoms with Gasteiger partial charge in [0.15, 0.2) is 0 Å². The molecule has 0 N–H and O–H groups in total. The SMILES string of the molecule is CCc1c(C)c2c(C)nn(-c3ccc(C)cc3)c2oc1=O. The number of benzene rings is 1. The van der Waals surface area contributed by atoms with Gasteiger partial charge in [0.1, 0.15) is 0 Å². The van der Waals surface area contributed by atoms with Gasteiger partial charge >= 0.3 is 5.63 Å². The van der Waals surface area contributed by atoms with E-state index in [0.717, 1.165) is 27.9 Å². The highest BCUT2D eigenvalue weighted by Gasteiger charge is 2.18. The molecule has 4 nitrogen and oxygen atoms in total. The van der Waals surface area contributed by atoms with E-state index in [1.807, 2.05) is 52.0 Å². The third kappa shape index (κ3) is 2.07. The smallest absolute Gasteiger partial charge is 0.341 e. The van der Waals surface area contributed by atoms with Gasteiger partial charge in [-0.3, -0.25) is 0 Å². The molecule has 3 rings (SSSR count). The monoisotopic (exact) mass is 282 g/mol. The van der Waals surface area contributed by atoms with Crippen LogP contribution in [0.5, 0.6) is 0 Å². The van der Waals surface area contributed by atoms with Gasteiger partial charge < -0.3 is 4.42 Å². The summed E-state index contributed by atoms with van der Waals surface area (Å²) in [5.41, 5.74) is 4.91. The van der Waals surface area contributed by atoms with Crippen molar-refractivity contribution in [2.75, 3.05) is 0 Å². The quantitative estimate of drug-likeness (QED) is 0.723. The molecule has 0 atom stereocenters. The molecule has 2 heterocycles. The van der Waals surface area contributed by atoms with Gasteiger partial charge in [-0.05, 0) is 44.9 Å². The molecule has 21 heavy (non-hydrogen) atoms. The first-order valence-corrected chi connectivity index (χ1v) is 7.12.